The van der Waals surface area contributed by atoms with Gasteiger partial charge < -0.3 is 9.84 Å². The Morgan fingerprint density at radius 3 is 2.62 bits per heavy atom. The number of hydrogen-bond donors (Lipinski definition) is 1. The van der Waals surface area contributed by atoms with Crippen LogP contribution in [0, 0.1) is 13.8 Å². The van der Waals surface area contributed by atoms with Crippen molar-refractivity contribution in [2.75, 3.05) is 6.61 Å². The van der Waals surface area contributed by atoms with Crippen molar-refractivity contribution in [3.05, 3.63) is 34.9 Å². The highest BCUT2D eigenvalue weighted by Gasteiger charge is 2.18. The van der Waals surface area contributed by atoms with E-state index in [1.165, 1.54) is 5.56 Å². The van der Waals surface area contributed by atoms with Gasteiger partial charge in [0.05, 0.1) is 0 Å². The van der Waals surface area contributed by atoms with Crippen molar-refractivity contribution in [3.8, 4) is 0 Å². The van der Waals surface area contributed by atoms with E-state index in [1.807, 2.05) is 26.0 Å². The summed E-state index contributed by atoms with van der Waals surface area (Å²) in [4.78, 5) is 10.9. The molecule has 0 bridgehead atoms. The molecule has 0 saturated carbocycles. The van der Waals surface area contributed by atoms with E-state index in [0.29, 0.717) is 13.0 Å². The first-order chi connectivity index (χ1) is 7.54. The Morgan fingerprint density at radius 1 is 1.44 bits per heavy atom. The lowest BCUT2D eigenvalue weighted by Gasteiger charge is -2.14. The maximum absolute atomic E-state index is 10.9. The molecule has 3 nitrogen and oxygen atoms in total. The monoisotopic (exact) mass is 222 g/mol. The standard InChI is InChI=1S/C13H18O3/c1-4-16-12(13(14)15)8-11-6-5-9(2)7-10(11)3/h5-7,12H,4,8H2,1-3H3,(H,14,15)/t12-/m0/s1. The highest BCUT2D eigenvalue weighted by molar-refractivity contribution is 5.72. The molecule has 0 heterocycles. The summed E-state index contributed by atoms with van der Waals surface area (Å²) in [5, 5.41) is 8.99. The van der Waals surface area contributed by atoms with Crippen molar-refractivity contribution >= 4 is 5.97 Å². The molecule has 1 aromatic rings. The number of carboxylic acid groups (broad SMARTS) is 1. The van der Waals surface area contributed by atoms with E-state index in [-0.39, 0.29) is 0 Å². The van der Waals surface area contributed by atoms with Gasteiger partial charge >= 0.3 is 5.97 Å². The largest absolute Gasteiger partial charge is 0.479 e. The van der Waals surface area contributed by atoms with Crippen LogP contribution >= 0.6 is 0 Å². The van der Waals surface area contributed by atoms with Gasteiger partial charge in [0.25, 0.3) is 0 Å². The first kappa shape index (κ1) is 12.7. The van der Waals surface area contributed by atoms with E-state index >= 15 is 0 Å². The number of carboxylic acids is 1. The molecule has 0 saturated heterocycles. The summed E-state index contributed by atoms with van der Waals surface area (Å²) >= 11 is 0. The van der Waals surface area contributed by atoms with Crippen LogP contribution in [-0.4, -0.2) is 23.8 Å². The molecule has 16 heavy (non-hydrogen) atoms. The summed E-state index contributed by atoms with van der Waals surface area (Å²) in [5.74, 6) is -0.901. The third kappa shape index (κ3) is 3.35. The van der Waals surface area contributed by atoms with Crippen molar-refractivity contribution in [2.24, 2.45) is 0 Å². The Labute approximate surface area is 96.1 Å². The molecule has 0 amide bonds. The molecule has 0 aliphatic carbocycles. The number of rotatable bonds is 5. The predicted octanol–water partition coefficient (Wildman–Crippen LogP) is 2.34. The van der Waals surface area contributed by atoms with Gasteiger partial charge in [0.1, 0.15) is 0 Å². The minimum Gasteiger partial charge on any atom is -0.479 e. The molecule has 0 radical (unpaired) electrons. The zero-order valence-corrected chi connectivity index (χ0v) is 9.99. The average Bonchev–Trinajstić information content (AvgIpc) is 2.20. The lowest BCUT2D eigenvalue weighted by molar-refractivity contribution is -0.149. The van der Waals surface area contributed by atoms with Crippen LogP contribution < -0.4 is 0 Å². The maximum atomic E-state index is 10.9. The van der Waals surface area contributed by atoms with E-state index < -0.39 is 12.1 Å². The molecule has 1 N–H and O–H groups in total. The molecular formula is C13H18O3. The van der Waals surface area contributed by atoms with E-state index in [2.05, 4.69) is 6.07 Å². The number of aliphatic carboxylic acids is 1. The van der Waals surface area contributed by atoms with Crippen molar-refractivity contribution in [3.63, 3.8) is 0 Å². The van der Waals surface area contributed by atoms with Gasteiger partial charge in [-0.15, -0.1) is 0 Å². The third-order valence-corrected chi connectivity index (χ3v) is 2.55. The summed E-state index contributed by atoms with van der Waals surface area (Å²) in [6, 6.07) is 6.02. The van der Waals surface area contributed by atoms with Crippen LogP contribution in [0.3, 0.4) is 0 Å². The summed E-state index contributed by atoms with van der Waals surface area (Å²) in [7, 11) is 0. The summed E-state index contributed by atoms with van der Waals surface area (Å²) in [5.41, 5.74) is 3.34. The van der Waals surface area contributed by atoms with Gasteiger partial charge in [0.15, 0.2) is 6.10 Å². The lowest BCUT2D eigenvalue weighted by Crippen LogP contribution is -2.26. The molecular weight excluding hydrogens is 204 g/mol. The molecule has 0 aliphatic heterocycles. The van der Waals surface area contributed by atoms with Gasteiger partial charge in [-0.2, -0.15) is 0 Å². The van der Waals surface area contributed by atoms with Crippen LogP contribution in [0.25, 0.3) is 0 Å². The van der Waals surface area contributed by atoms with Gasteiger partial charge in [-0.25, -0.2) is 4.79 Å². The van der Waals surface area contributed by atoms with Crippen molar-refractivity contribution in [2.45, 2.75) is 33.3 Å². The first-order valence-electron chi connectivity index (χ1n) is 5.45. The third-order valence-electron chi connectivity index (χ3n) is 2.55. The second-order valence-electron chi connectivity index (χ2n) is 3.92. The van der Waals surface area contributed by atoms with Crippen molar-refractivity contribution in [1.29, 1.82) is 0 Å². The van der Waals surface area contributed by atoms with Gasteiger partial charge in [0.2, 0.25) is 0 Å². The van der Waals surface area contributed by atoms with Crippen LogP contribution in [0.2, 0.25) is 0 Å². The molecule has 0 spiro atoms. The summed E-state index contributed by atoms with van der Waals surface area (Å²) in [6.07, 6.45) is -0.318. The molecule has 1 atom stereocenters. The van der Waals surface area contributed by atoms with E-state index in [0.717, 1.165) is 11.1 Å². The first-order valence-corrected chi connectivity index (χ1v) is 5.45. The Balaban J connectivity index is 2.81. The van der Waals surface area contributed by atoms with E-state index in [4.69, 9.17) is 9.84 Å². The van der Waals surface area contributed by atoms with Crippen LogP contribution in [0.15, 0.2) is 18.2 Å². The molecule has 0 fully saturated rings. The van der Waals surface area contributed by atoms with E-state index in [1.54, 1.807) is 6.92 Å². The summed E-state index contributed by atoms with van der Waals surface area (Å²) in [6.45, 7) is 6.24. The predicted molar refractivity (Wildman–Crippen MR) is 62.7 cm³/mol. The minimum absolute atomic E-state index is 0.419. The Morgan fingerprint density at radius 2 is 2.12 bits per heavy atom. The molecule has 0 aliphatic rings. The maximum Gasteiger partial charge on any atom is 0.333 e. The van der Waals surface area contributed by atoms with Gasteiger partial charge in [-0.1, -0.05) is 23.8 Å². The van der Waals surface area contributed by atoms with Gasteiger partial charge in [-0.3, -0.25) is 0 Å². The highest BCUT2D eigenvalue weighted by Crippen LogP contribution is 2.14. The number of hydrogen-bond acceptors (Lipinski definition) is 2. The fourth-order valence-corrected chi connectivity index (χ4v) is 1.69. The second kappa shape index (κ2) is 5.66. The van der Waals surface area contributed by atoms with Crippen LogP contribution in [0.1, 0.15) is 23.6 Å². The van der Waals surface area contributed by atoms with E-state index in [9.17, 15) is 4.79 Å². The van der Waals surface area contributed by atoms with Crippen LogP contribution in [0.4, 0.5) is 0 Å². The number of benzene rings is 1. The second-order valence-corrected chi connectivity index (χ2v) is 3.92. The fraction of sp³-hybridized carbons (Fsp3) is 0.462. The Bertz CT molecular complexity index is 371. The van der Waals surface area contributed by atoms with Gasteiger partial charge in [-0.05, 0) is 31.9 Å². The molecule has 0 unspecified atom stereocenters. The topological polar surface area (TPSA) is 46.5 Å². The molecule has 0 aromatic heterocycles. The zero-order valence-electron chi connectivity index (χ0n) is 9.99. The Hall–Kier alpha value is -1.35. The van der Waals surface area contributed by atoms with Crippen LogP contribution in [-0.2, 0) is 16.0 Å². The molecule has 88 valence electrons. The van der Waals surface area contributed by atoms with Crippen molar-refractivity contribution < 1.29 is 14.6 Å². The normalized spacial score (nSPS) is 12.4. The number of carbonyl (C=O) groups is 1. The summed E-state index contributed by atoms with van der Waals surface area (Å²) < 4.78 is 5.19. The molecule has 3 heteroatoms. The van der Waals surface area contributed by atoms with Crippen molar-refractivity contribution in [1.82, 2.24) is 0 Å². The Kier molecular flexibility index (Phi) is 4.50. The number of ether oxygens (including phenoxy) is 1. The zero-order chi connectivity index (χ0) is 12.1. The lowest BCUT2D eigenvalue weighted by atomic mass is 10.0. The number of aryl methyl sites for hydroxylation is 2. The molecule has 1 aromatic carbocycles. The highest BCUT2D eigenvalue weighted by atomic mass is 16.5. The SMILES string of the molecule is CCO[C@@H](Cc1ccc(C)cc1C)C(=O)O. The quantitative estimate of drug-likeness (QED) is 0.831. The van der Waals surface area contributed by atoms with Crippen LogP contribution in [0.5, 0.6) is 0 Å². The fourth-order valence-electron chi connectivity index (χ4n) is 1.69. The smallest absolute Gasteiger partial charge is 0.333 e. The average molecular weight is 222 g/mol. The molecule has 1 rings (SSSR count). The minimum atomic E-state index is -0.901. The van der Waals surface area contributed by atoms with Gasteiger partial charge in [0, 0.05) is 13.0 Å².